The van der Waals surface area contributed by atoms with Crippen LogP contribution < -0.4 is 24.8 Å². The first kappa shape index (κ1) is 23.0. The lowest BCUT2D eigenvalue weighted by atomic mass is 10.1. The molecule has 0 aliphatic heterocycles. The first-order chi connectivity index (χ1) is 15.4. The van der Waals surface area contributed by atoms with Crippen LogP contribution in [0, 0.1) is 6.92 Å². The number of halogens is 1. The minimum atomic E-state index is -0.338. The van der Waals surface area contributed by atoms with Crippen LogP contribution in [-0.2, 0) is 4.79 Å². The van der Waals surface area contributed by atoms with E-state index in [2.05, 4.69) is 10.6 Å². The Labute approximate surface area is 191 Å². The Bertz CT molecular complexity index is 1120. The summed E-state index contributed by atoms with van der Waals surface area (Å²) in [5.41, 5.74) is 2.49. The van der Waals surface area contributed by atoms with Crippen LogP contribution in [0.2, 0.25) is 5.02 Å². The van der Waals surface area contributed by atoms with Crippen LogP contribution in [0.1, 0.15) is 15.9 Å². The molecule has 0 fully saturated rings. The van der Waals surface area contributed by atoms with Crippen LogP contribution in [-0.4, -0.2) is 32.6 Å². The first-order valence-corrected chi connectivity index (χ1v) is 10.1. The predicted octanol–water partition coefficient (Wildman–Crippen LogP) is 4.94. The summed E-state index contributed by atoms with van der Waals surface area (Å²) < 4.78 is 16.0. The Hall–Kier alpha value is -3.71. The zero-order chi connectivity index (χ0) is 23.1. The topological polar surface area (TPSA) is 85.9 Å². The van der Waals surface area contributed by atoms with Crippen molar-refractivity contribution in [2.75, 3.05) is 31.5 Å². The van der Waals surface area contributed by atoms with Gasteiger partial charge in [0, 0.05) is 22.0 Å². The Balaban J connectivity index is 1.61. The molecule has 166 valence electrons. The smallest absolute Gasteiger partial charge is 0.262 e. The fourth-order valence-electron chi connectivity index (χ4n) is 2.82. The van der Waals surface area contributed by atoms with Crippen molar-refractivity contribution < 1.29 is 23.8 Å². The number of carbonyl (C=O) groups is 2. The molecule has 0 unspecified atom stereocenters. The second-order valence-electron chi connectivity index (χ2n) is 6.85. The van der Waals surface area contributed by atoms with E-state index in [0.717, 1.165) is 5.56 Å². The van der Waals surface area contributed by atoms with Gasteiger partial charge in [0.1, 0.15) is 5.75 Å². The average molecular weight is 455 g/mol. The van der Waals surface area contributed by atoms with E-state index in [9.17, 15) is 9.59 Å². The molecule has 3 aromatic rings. The second kappa shape index (κ2) is 10.5. The molecule has 0 atom stereocenters. The van der Waals surface area contributed by atoms with Crippen molar-refractivity contribution >= 4 is 34.8 Å². The van der Waals surface area contributed by atoms with Crippen molar-refractivity contribution in [1.82, 2.24) is 0 Å². The van der Waals surface area contributed by atoms with Gasteiger partial charge in [0.2, 0.25) is 0 Å². The van der Waals surface area contributed by atoms with Crippen molar-refractivity contribution in [2.45, 2.75) is 6.92 Å². The molecule has 0 aliphatic carbocycles. The summed E-state index contributed by atoms with van der Waals surface area (Å²) in [6.07, 6.45) is 0. The molecule has 3 aromatic carbocycles. The Kier molecular flexibility index (Phi) is 7.57. The van der Waals surface area contributed by atoms with Crippen LogP contribution >= 0.6 is 11.6 Å². The molecule has 0 aromatic heterocycles. The van der Waals surface area contributed by atoms with Gasteiger partial charge in [-0.15, -0.1) is 0 Å². The van der Waals surface area contributed by atoms with E-state index >= 15 is 0 Å². The lowest BCUT2D eigenvalue weighted by Crippen LogP contribution is -2.20. The maximum atomic E-state index is 12.6. The molecule has 0 radical (unpaired) electrons. The van der Waals surface area contributed by atoms with Gasteiger partial charge < -0.3 is 24.8 Å². The van der Waals surface area contributed by atoms with Crippen LogP contribution in [0.15, 0.2) is 60.7 Å². The average Bonchev–Trinajstić information content (AvgIpc) is 2.80. The predicted molar refractivity (Wildman–Crippen MR) is 124 cm³/mol. The Morgan fingerprint density at radius 2 is 1.56 bits per heavy atom. The Morgan fingerprint density at radius 3 is 2.22 bits per heavy atom. The van der Waals surface area contributed by atoms with Crippen molar-refractivity contribution in [1.29, 1.82) is 0 Å². The number of aryl methyl sites for hydroxylation is 1. The third-order valence-corrected chi connectivity index (χ3v) is 5.00. The SMILES string of the molecule is COc1ccc(NC(=O)COc2ccc(C(=O)Nc3ccc(C)c(Cl)c3)cc2OC)cc1. The second-order valence-corrected chi connectivity index (χ2v) is 7.26. The van der Waals surface area contributed by atoms with Crippen molar-refractivity contribution in [3.05, 3.63) is 76.8 Å². The normalized spacial score (nSPS) is 10.2. The van der Waals surface area contributed by atoms with Crippen LogP contribution in [0.5, 0.6) is 17.2 Å². The van der Waals surface area contributed by atoms with Gasteiger partial charge in [-0.1, -0.05) is 17.7 Å². The summed E-state index contributed by atoms with van der Waals surface area (Å²) in [4.78, 5) is 24.8. The monoisotopic (exact) mass is 454 g/mol. The number of nitrogens with one attached hydrogen (secondary N) is 2. The van der Waals surface area contributed by atoms with Crippen molar-refractivity contribution in [3.63, 3.8) is 0 Å². The zero-order valence-electron chi connectivity index (χ0n) is 17.9. The van der Waals surface area contributed by atoms with Gasteiger partial charge in [-0.25, -0.2) is 0 Å². The van der Waals surface area contributed by atoms with E-state index in [1.807, 2.05) is 13.0 Å². The molecule has 0 heterocycles. The summed E-state index contributed by atoms with van der Waals surface area (Å²) in [6, 6.07) is 16.9. The molecule has 2 amide bonds. The Morgan fingerprint density at radius 1 is 0.844 bits per heavy atom. The number of rotatable bonds is 8. The van der Waals surface area contributed by atoms with E-state index in [1.165, 1.54) is 7.11 Å². The number of hydrogen-bond acceptors (Lipinski definition) is 5. The van der Waals surface area contributed by atoms with E-state index in [0.29, 0.717) is 39.2 Å². The molecular weight excluding hydrogens is 432 g/mol. The van der Waals surface area contributed by atoms with Gasteiger partial charge in [-0.2, -0.15) is 0 Å². The molecule has 2 N–H and O–H groups in total. The van der Waals surface area contributed by atoms with Crippen LogP contribution in [0.25, 0.3) is 0 Å². The number of anilines is 2. The third-order valence-electron chi connectivity index (χ3n) is 4.59. The highest BCUT2D eigenvalue weighted by Gasteiger charge is 2.13. The number of amides is 2. The highest BCUT2D eigenvalue weighted by molar-refractivity contribution is 6.31. The van der Waals surface area contributed by atoms with Gasteiger partial charge in [0.15, 0.2) is 18.1 Å². The van der Waals surface area contributed by atoms with Gasteiger partial charge >= 0.3 is 0 Å². The summed E-state index contributed by atoms with van der Waals surface area (Å²) in [7, 11) is 3.03. The summed E-state index contributed by atoms with van der Waals surface area (Å²) in [5.74, 6) is 0.699. The number of methoxy groups -OCH3 is 2. The van der Waals surface area contributed by atoms with Gasteiger partial charge in [-0.3, -0.25) is 9.59 Å². The zero-order valence-corrected chi connectivity index (χ0v) is 18.7. The largest absolute Gasteiger partial charge is 0.497 e. The van der Waals surface area contributed by atoms with E-state index in [4.69, 9.17) is 25.8 Å². The molecule has 8 heteroatoms. The quantitative estimate of drug-likeness (QED) is 0.503. The minimum Gasteiger partial charge on any atom is -0.497 e. The standard InChI is InChI=1S/C24H23ClN2O5/c1-15-4-6-18(13-20(15)25)27-24(29)16-5-11-21(22(12-16)31-3)32-14-23(28)26-17-7-9-19(30-2)10-8-17/h4-13H,14H2,1-3H3,(H,26,28)(H,27,29). The molecule has 0 saturated heterocycles. The lowest BCUT2D eigenvalue weighted by molar-refractivity contribution is -0.118. The summed E-state index contributed by atoms with van der Waals surface area (Å²) >= 11 is 6.11. The number of carbonyl (C=O) groups excluding carboxylic acids is 2. The van der Waals surface area contributed by atoms with E-state index < -0.39 is 0 Å². The highest BCUT2D eigenvalue weighted by Crippen LogP contribution is 2.29. The van der Waals surface area contributed by atoms with Gasteiger partial charge in [0.25, 0.3) is 11.8 Å². The molecule has 0 aliphatic rings. The molecule has 7 nitrogen and oxygen atoms in total. The van der Waals surface area contributed by atoms with Crippen LogP contribution in [0.3, 0.4) is 0 Å². The molecule has 0 saturated carbocycles. The molecule has 0 bridgehead atoms. The highest BCUT2D eigenvalue weighted by atomic mass is 35.5. The van der Waals surface area contributed by atoms with Crippen molar-refractivity contribution in [2.24, 2.45) is 0 Å². The molecule has 32 heavy (non-hydrogen) atoms. The maximum absolute atomic E-state index is 12.6. The van der Waals surface area contributed by atoms with Gasteiger partial charge in [-0.05, 0) is 67.1 Å². The summed E-state index contributed by atoms with van der Waals surface area (Å²) in [5, 5.41) is 6.09. The molecular formula is C24H23ClN2O5. The molecule has 0 spiro atoms. The van der Waals surface area contributed by atoms with Crippen LogP contribution in [0.4, 0.5) is 11.4 Å². The fraction of sp³-hybridized carbons (Fsp3) is 0.167. The van der Waals surface area contributed by atoms with E-state index in [-0.39, 0.29) is 18.4 Å². The fourth-order valence-corrected chi connectivity index (χ4v) is 3.00. The van der Waals surface area contributed by atoms with E-state index in [1.54, 1.807) is 61.7 Å². The summed E-state index contributed by atoms with van der Waals surface area (Å²) in [6.45, 7) is 1.66. The maximum Gasteiger partial charge on any atom is 0.262 e. The van der Waals surface area contributed by atoms with Gasteiger partial charge in [0.05, 0.1) is 14.2 Å². The number of benzene rings is 3. The lowest BCUT2D eigenvalue weighted by Gasteiger charge is -2.13. The number of ether oxygens (including phenoxy) is 3. The minimum absolute atomic E-state index is 0.226. The third kappa shape index (κ3) is 5.92. The number of hydrogen-bond donors (Lipinski definition) is 2. The molecule has 3 rings (SSSR count). The van der Waals surface area contributed by atoms with Crippen molar-refractivity contribution in [3.8, 4) is 17.2 Å². The first-order valence-electron chi connectivity index (χ1n) is 9.72.